The van der Waals surface area contributed by atoms with Gasteiger partial charge in [0.1, 0.15) is 5.70 Å². The van der Waals surface area contributed by atoms with Gasteiger partial charge in [-0.2, -0.15) is 10.1 Å². The normalized spacial score (nSPS) is 20.7. The van der Waals surface area contributed by atoms with Gasteiger partial charge in [0.2, 0.25) is 11.8 Å². The van der Waals surface area contributed by atoms with Gasteiger partial charge in [-0.1, -0.05) is 32.4 Å². The summed E-state index contributed by atoms with van der Waals surface area (Å²) >= 11 is 6.21. The number of aliphatic imine (C=N–C) groups is 1. The minimum atomic E-state index is 0.215. The van der Waals surface area contributed by atoms with Gasteiger partial charge in [0, 0.05) is 32.4 Å². The summed E-state index contributed by atoms with van der Waals surface area (Å²) in [5, 5.41) is 8.68. The van der Waals surface area contributed by atoms with Crippen LogP contribution < -0.4 is 11.1 Å². The fourth-order valence-corrected chi connectivity index (χ4v) is 3.59. The van der Waals surface area contributed by atoms with Gasteiger partial charge in [-0.15, -0.1) is 0 Å². The highest BCUT2D eigenvalue weighted by Gasteiger charge is 2.20. The zero-order valence-electron chi connectivity index (χ0n) is 17.8. The highest BCUT2D eigenvalue weighted by Crippen LogP contribution is 2.23. The minimum Gasteiger partial charge on any atom is -0.478 e. The summed E-state index contributed by atoms with van der Waals surface area (Å²) in [4.78, 5) is 13.9. The minimum absolute atomic E-state index is 0.215. The number of nitrogens with two attached hydrogens (primary N) is 1. The third-order valence-electron chi connectivity index (χ3n) is 4.85. The second kappa shape index (κ2) is 10.6. The molecule has 1 fully saturated rings. The van der Waals surface area contributed by atoms with Crippen LogP contribution in [0.1, 0.15) is 46.5 Å². The van der Waals surface area contributed by atoms with Crippen molar-refractivity contribution in [3.63, 3.8) is 0 Å². The van der Waals surface area contributed by atoms with Gasteiger partial charge in [-0.05, 0) is 19.3 Å². The van der Waals surface area contributed by atoms with Gasteiger partial charge in [0.05, 0.1) is 23.7 Å². The number of hydrogen-bond donors (Lipinski definition) is 2. The molecule has 2 aromatic heterocycles. The first-order valence-electron chi connectivity index (χ1n) is 10.6. The van der Waals surface area contributed by atoms with Crippen LogP contribution in [0.2, 0.25) is 5.15 Å². The Labute approximate surface area is 181 Å². The summed E-state index contributed by atoms with van der Waals surface area (Å²) in [6, 6.07) is 0.215. The van der Waals surface area contributed by atoms with E-state index in [9.17, 15) is 0 Å². The Morgan fingerprint density at radius 1 is 1.33 bits per heavy atom. The van der Waals surface area contributed by atoms with E-state index < -0.39 is 0 Å². The molecule has 2 aliphatic heterocycles. The third kappa shape index (κ3) is 5.02. The quantitative estimate of drug-likeness (QED) is 0.709. The number of nitrogens with one attached hydrogen (secondary N) is 1. The SMILES string of the molecule is CC.CCC(=NC1CCOCC1)/C1=C(\N)OCCCn2nc(Cl)c3cnc(nc32)N1. The van der Waals surface area contributed by atoms with E-state index >= 15 is 0 Å². The van der Waals surface area contributed by atoms with Crippen molar-refractivity contribution in [3.8, 4) is 0 Å². The molecule has 4 rings (SSSR count). The molecule has 2 aromatic rings. The second-order valence-corrected chi connectivity index (χ2v) is 7.14. The Hall–Kier alpha value is -2.39. The van der Waals surface area contributed by atoms with E-state index in [4.69, 9.17) is 31.8 Å². The first kappa shape index (κ1) is 22.3. The van der Waals surface area contributed by atoms with E-state index in [1.807, 2.05) is 20.8 Å². The number of fused-ring (bicyclic) bond motifs is 1. The average molecular weight is 436 g/mol. The predicted molar refractivity (Wildman–Crippen MR) is 119 cm³/mol. The fourth-order valence-electron chi connectivity index (χ4n) is 3.36. The molecular weight excluding hydrogens is 406 g/mol. The lowest BCUT2D eigenvalue weighted by atomic mass is 10.1. The zero-order chi connectivity index (χ0) is 21.5. The maximum Gasteiger partial charge on any atom is 0.229 e. The number of ether oxygens (including phenoxy) is 2. The molecule has 2 bridgehead atoms. The standard InChI is InChI=1S/C18H24ClN7O2.C2H6/c1-2-13(22-11-4-8-27-9-5-11)14-16(20)28-7-3-6-26-17-12(15(19)25-26)10-21-18(23-14)24-17;1-2/h10-11H,2-9,20H2,1H3,(H,21,23,24);1-2H3/b16-14-,22-13?;. The summed E-state index contributed by atoms with van der Waals surface area (Å²) in [7, 11) is 0. The van der Waals surface area contributed by atoms with Crippen molar-refractivity contribution >= 4 is 34.3 Å². The molecule has 164 valence electrons. The van der Waals surface area contributed by atoms with Crippen LogP contribution in [-0.2, 0) is 16.0 Å². The van der Waals surface area contributed by atoms with Crippen LogP contribution in [0, 0.1) is 0 Å². The summed E-state index contributed by atoms with van der Waals surface area (Å²) in [5.41, 5.74) is 8.42. The van der Waals surface area contributed by atoms with Gasteiger partial charge >= 0.3 is 0 Å². The van der Waals surface area contributed by atoms with Gasteiger partial charge < -0.3 is 20.5 Å². The van der Waals surface area contributed by atoms with Crippen molar-refractivity contribution < 1.29 is 9.47 Å². The second-order valence-electron chi connectivity index (χ2n) is 6.78. The molecule has 0 radical (unpaired) electrons. The van der Waals surface area contributed by atoms with Crippen molar-refractivity contribution in [1.82, 2.24) is 19.7 Å². The summed E-state index contributed by atoms with van der Waals surface area (Å²) in [6.45, 7) is 8.58. The van der Waals surface area contributed by atoms with Gasteiger partial charge in [0.25, 0.3) is 0 Å². The van der Waals surface area contributed by atoms with Crippen molar-refractivity contribution in [1.29, 1.82) is 0 Å². The molecule has 9 nitrogen and oxygen atoms in total. The van der Waals surface area contributed by atoms with Crippen molar-refractivity contribution in [2.24, 2.45) is 10.7 Å². The maximum atomic E-state index is 6.28. The molecule has 0 aromatic carbocycles. The fraction of sp³-hybridized carbons (Fsp3) is 0.600. The topological polar surface area (TPSA) is 112 Å². The Morgan fingerprint density at radius 3 is 2.83 bits per heavy atom. The first-order valence-corrected chi connectivity index (χ1v) is 11.0. The van der Waals surface area contributed by atoms with Gasteiger partial charge in [-0.3, -0.25) is 4.99 Å². The Kier molecular flexibility index (Phi) is 7.87. The Bertz CT molecular complexity index is 919. The number of allylic oxidation sites excluding steroid dienone is 1. The molecule has 0 saturated carbocycles. The van der Waals surface area contributed by atoms with E-state index in [1.54, 1.807) is 10.9 Å². The van der Waals surface area contributed by atoms with Crippen LogP contribution in [0.4, 0.5) is 5.95 Å². The van der Waals surface area contributed by atoms with Crippen LogP contribution in [-0.4, -0.2) is 51.3 Å². The monoisotopic (exact) mass is 435 g/mol. The van der Waals surface area contributed by atoms with E-state index in [2.05, 4.69) is 20.4 Å². The summed E-state index contributed by atoms with van der Waals surface area (Å²) < 4.78 is 13.0. The van der Waals surface area contributed by atoms with Crippen LogP contribution >= 0.6 is 11.6 Å². The summed E-state index contributed by atoms with van der Waals surface area (Å²) in [5.74, 6) is 0.704. The van der Waals surface area contributed by atoms with Crippen LogP contribution in [0.5, 0.6) is 0 Å². The highest BCUT2D eigenvalue weighted by atomic mass is 35.5. The molecule has 3 N–H and O–H groups in total. The van der Waals surface area contributed by atoms with Gasteiger partial charge in [-0.25, -0.2) is 9.67 Å². The molecule has 0 unspecified atom stereocenters. The van der Waals surface area contributed by atoms with E-state index in [1.165, 1.54) is 0 Å². The largest absolute Gasteiger partial charge is 0.478 e. The number of nitrogens with zero attached hydrogens (tertiary/aromatic N) is 5. The van der Waals surface area contributed by atoms with Crippen LogP contribution in [0.15, 0.2) is 22.8 Å². The number of rotatable bonds is 3. The molecule has 2 aliphatic rings. The Morgan fingerprint density at radius 2 is 2.10 bits per heavy atom. The molecule has 0 aliphatic carbocycles. The van der Waals surface area contributed by atoms with E-state index in [0.29, 0.717) is 47.9 Å². The molecule has 4 heterocycles. The lowest BCUT2D eigenvalue weighted by Gasteiger charge is -2.21. The Balaban J connectivity index is 0.00000124. The van der Waals surface area contributed by atoms with E-state index in [0.717, 1.165) is 43.6 Å². The molecule has 30 heavy (non-hydrogen) atoms. The molecular formula is C20H30ClN7O2. The lowest BCUT2D eigenvalue weighted by molar-refractivity contribution is 0.0871. The van der Waals surface area contributed by atoms with Crippen LogP contribution in [0.25, 0.3) is 11.0 Å². The van der Waals surface area contributed by atoms with Gasteiger partial charge in [0.15, 0.2) is 10.8 Å². The predicted octanol–water partition coefficient (Wildman–Crippen LogP) is 3.50. The van der Waals surface area contributed by atoms with Crippen LogP contribution in [0.3, 0.4) is 0 Å². The summed E-state index contributed by atoms with van der Waals surface area (Å²) in [6.07, 6.45) is 4.90. The number of anilines is 1. The molecule has 10 heteroatoms. The molecule has 0 atom stereocenters. The van der Waals surface area contributed by atoms with E-state index in [-0.39, 0.29) is 6.04 Å². The number of hydrogen-bond acceptors (Lipinski definition) is 8. The highest BCUT2D eigenvalue weighted by molar-refractivity contribution is 6.34. The molecule has 1 saturated heterocycles. The lowest BCUT2D eigenvalue weighted by Crippen LogP contribution is -2.25. The van der Waals surface area contributed by atoms with Crippen molar-refractivity contribution in [3.05, 3.63) is 22.9 Å². The average Bonchev–Trinajstić information content (AvgIpc) is 3.09. The van der Waals surface area contributed by atoms with Crippen molar-refractivity contribution in [2.45, 2.75) is 59.0 Å². The smallest absolute Gasteiger partial charge is 0.229 e. The zero-order valence-corrected chi connectivity index (χ0v) is 18.6. The molecule has 0 amide bonds. The maximum absolute atomic E-state index is 6.28. The number of aromatic nitrogens is 4. The molecule has 0 spiro atoms. The number of halogens is 1. The third-order valence-corrected chi connectivity index (χ3v) is 5.13. The van der Waals surface area contributed by atoms with Crippen molar-refractivity contribution in [2.75, 3.05) is 25.1 Å². The number of aryl methyl sites for hydroxylation is 1. The first-order chi connectivity index (χ1) is 14.7.